The molecule has 0 spiro atoms. The van der Waals surface area contributed by atoms with Crippen LogP contribution in [0.15, 0.2) is 0 Å². The number of anilines is 2. The van der Waals surface area contributed by atoms with Crippen molar-refractivity contribution >= 4 is 17.5 Å². The van der Waals surface area contributed by atoms with Crippen LogP contribution in [0.4, 0.5) is 11.6 Å². The summed E-state index contributed by atoms with van der Waals surface area (Å²) in [5, 5.41) is 0. The predicted molar refractivity (Wildman–Crippen MR) is 109 cm³/mol. The van der Waals surface area contributed by atoms with Crippen LogP contribution in [0.1, 0.15) is 63.9 Å². The van der Waals surface area contributed by atoms with E-state index in [-0.39, 0.29) is 5.91 Å². The topological polar surface area (TPSA) is 84.6 Å². The van der Waals surface area contributed by atoms with Gasteiger partial charge in [-0.3, -0.25) is 9.69 Å². The second kappa shape index (κ2) is 8.64. The summed E-state index contributed by atoms with van der Waals surface area (Å²) in [4.78, 5) is 25.9. The van der Waals surface area contributed by atoms with Crippen LogP contribution in [0.2, 0.25) is 0 Å². The molecule has 0 unspecified atom stereocenters. The largest absolute Gasteiger partial charge is 0.463 e. The van der Waals surface area contributed by atoms with Crippen molar-refractivity contribution in [1.82, 2.24) is 14.9 Å². The van der Waals surface area contributed by atoms with E-state index < -0.39 is 0 Å². The third-order valence-electron chi connectivity index (χ3n) is 6.54. The Bertz CT molecular complexity index is 696. The van der Waals surface area contributed by atoms with Crippen molar-refractivity contribution in [3.63, 3.8) is 0 Å². The highest BCUT2D eigenvalue weighted by Gasteiger charge is 2.35. The van der Waals surface area contributed by atoms with Crippen LogP contribution in [0, 0.1) is 5.92 Å². The van der Waals surface area contributed by atoms with Crippen LogP contribution in [0.3, 0.4) is 0 Å². The molecule has 4 rings (SSSR count). The van der Waals surface area contributed by atoms with E-state index in [0.717, 1.165) is 56.9 Å². The summed E-state index contributed by atoms with van der Waals surface area (Å²) in [7, 11) is 0. The molecule has 1 saturated carbocycles. The number of likely N-dealkylation sites (tertiary alicyclic amines) is 1. The molecule has 1 aromatic heterocycles. The van der Waals surface area contributed by atoms with Gasteiger partial charge in [0.05, 0.1) is 13.0 Å². The fraction of sp³-hybridized carbons (Fsp3) is 0.762. The fourth-order valence-electron chi connectivity index (χ4n) is 4.81. The minimum absolute atomic E-state index is 0.0833. The first kappa shape index (κ1) is 19.4. The Kier molecular flexibility index (Phi) is 5.99. The summed E-state index contributed by atoms with van der Waals surface area (Å²) in [5.74, 6) is 1.65. The number of fused-ring (bicyclic) bond motifs is 1. The van der Waals surface area contributed by atoms with Gasteiger partial charge in [-0.15, -0.1) is 0 Å². The Balaban J connectivity index is 1.40. The number of rotatable bonds is 7. The van der Waals surface area contributed by atoms with Crippen LogP contribution >= 0.6 is 0 Å². The maximum atomic E-state index is 12.7. The summed E-state index contributed by atoms with van der Waals surface area (Å²) >= 11 is 0. The van der Waals surface area contributed by atoms with Gasteiger partial charge in [-0.25, -0.2) is 0 Å². The molecule has 1 saturated heterocycles. The van der Waals surface area contributed by atoms with E-state index in [0.29, 0.717) is 36.6 Å². The Labute approximate surface area is 167 Å². The molecule has 0 atom stereocenters. The Morgan fingerprint density at radius 3 is 2.61 bits per heavy atom. The number of unbranched alkanes of at least 4 members (excludes halogenated alkanes) is 1. The standard InChI is InChI=1S/C21H33N5O2/c1-2-3-12-28-21-23-19(22)17-13-18(27)26(20(17)24-21)14-15-8-10-25(11-9-15)16-6-4-5-7-16/h15-16H,2-14H2,1H3,(H2,22,23,24). The van der Waals surface area contributed by atoms with Crippen molar-refractivity contribution in [1.29, 1.82) is 0 Å². The van der Waals surface area contributed by atoms with Gasteiger partial charge < -0.3 is 15.4 Å². The van der Waals surface area contributed by atoms with Gasteiger partial charge in [-0.2, -0.15) is 9.97 Å². The number of hydrogen-bond donors (Lipinski definition) is 1. The quantitative estimate of drug-likeness (QED) is 0.724. The molecule has 28 heavy (non-hydrogen) atoms. The second-order valence-electron chi connectivity index (χ2n) is 8.49. The van der Waals surface area contributed by atoms with Crippen molar-refractivity contribution in [3.05, 3.63) is 5.56 Å². The second-order valence-corrected chi connectivity index (χ2v) is 8.49. The Morgan fingerprint density at radius 1 is 1.14 bits per heavy atom. The highest BCUT2D eigenvalue weighted by Crippen LogP contribution is 2.34. The summed E-state index contributed by atoms with van der Waals surface area (Å²) in [5.41, 5.74) is 6.87. The maximum Gasteiger partial charge on any atom is 0.320 e. The lowest BCUT2D eigenvalue weighted by atomic mass is 9.95. The molecule has 2 aliphatic heterocycles. The average Bonchev–Trinajstić information content (AvgIpc) is 3.33. The first-order chi connectivity index (χ1) is 13.7. The Hall–Kier alpha value is -1.89. The van der Waals surface area contributed by atoms with E-state index in [1.807, 2.05) is 4.90 Å². The zero-order valence-electron chi connectivity index (χ0n) is 17.0. The smallest absolute Gasteiger partial charge is 0.320 e. The van der Waals surface area contributed by atoms with Gasteiger partial charge in [0.15, 0.2) is 0 Å². The molecular formula is C21H33N5O2. The lowest BCUT2D eigenvalue weighted by molar-refractivity contribution is -0.117. The van der Waals surface area contributed by atoms with E-state index in [1.165, 1.54) is 25.7 Å². The van der Waals surface area contributed by atoms with Crippen molar-refractivity contribution in [3.8, 4) is 6.01 Å². The van der Waals surface area contributed by atoms with Crippen molar-refractivity contribution in [2.45, 2.75) is 70.8 Å². The molecule has 2 fully saturated rings. The van der Waals surface area contributed by atoms with Crippen molar-refractivity contribution in [2.75, 3.05) is 36.9 Å². The number of aromatic nitrogens is 2. The van der Waals surface area contributed by atoms with Crippen LogP contribution in [0.25, 0.3) is 0 Å². The molecule has 1 aromatic rings. The zero-order chi connectivity index (χ0) is 19.5. The highest BCUT2D eigenvalue weighted by atomic mass is 16.5. The first-order valence-corrected chi connectivity index (χ1v) is 11.0. The molecule has 1 amide bonds. The molecule has 1 aliphatic carbocycles. The predicted octanol–water partition coefficient (Wildman–Crippen LogP) is 2.78. The average molecular weight is 388 g/mol. The maximum absolute atomic E-state index is 12.7. The number of nitrogen functional groups attached to an aromatic ring is 1. The molecule has 7 heteroatoms. The van der Waals surface area contributed by atoms with Gasteiger partial charge in [-0.1, -0.05) is 26.2 Å². The van der Waals surface area contributed by atoms with Gasteiger partial charge >= 0.3 is 6.01 Å². The lowest BCUT2D eigenvalue weighted by Crippen LogP contribution is -2.43. The van der Waals surface area contributed by atoms with Crippen LogP contribution in [0.5, 0.6) is 6.01 Å². The summed E-state index contributed by atoms with van der Waals surface area (Å²) in [6, 6.07) is 1.09. The number of nitrogens with two attached hydrogens (primary N) is 1. The van der Waals surface area contributed by atoms with E-state index in [4.69, 9.17) is 10.5 Å². The number of piperidine rings is 1. The van der Waals surface area contributed by atoms with E-state index in [1.54, 1.807) is 0 Å². The lowest BCUT2D eigenvalue weighted by Gasteiger charge is -2.37. The van der Waals surface area contributed by atoms with Crippen molar-refractivity contribution in [2.24, 2.45) is 5.92 Å². The number of nitrogens with zero attached hydrogens (tertiary/aromatic N) is 4. The Morgan fingerprint density at radius 2 is 1.89 bits per heavy atom. The summed E-state index contributed by atoms with van der Waals surface area (Å²) in [6.07, 6.45) is 10.1. The molecular weight excluding hydrogens is 354 g/mol. The highest BCUT2D eigenvalue weighted by molar-refractivity contribution is 6.01. The molecule has 0 bridgehead atoms. The molecule has 3 heterocycles. The van der Waals surface area contributed by atoms with E-state index in [2.05, 4.69) is 21.8 Å². The summed E-state index contributed by atoms with van der Waals surface area (Å²) < 4.78 is 5.65. The monoisotopic (exact) mass is 387 g/mol. The van der Waals surface area contributed by atoms with Gasteiger partial charge in [0, 0.05) is 18.2 Å². The van der Waals surface area contributed by atoms with Gasteiger partial charge in [0.1, 0.15) is 11.6 Å². The molecule has 7 nitrogen and oxygen atoms in total. The number of carbonyl (C=O) groups excluding carboxylic acids is 1. The molecule has 0 radical (unpaired) electrons. The molecule has 3 aliphatic rings. The van der Waals surface area contributed by atoms with Gasteiger partial charge in [-0.05, 0) is 51.1 Å². The number of hydrogen-bond acceptors (Lipinski definition) is 6. The number of amides is 1. The number of carbonyl (C=O) groups is 1. The SMILES string of the molecule is CCCCOc1nc(N)c2c(n1)N(CC1CCN(C3CCCC3)CC1)C(=O)C2. The van der Waals surface area contributed by atoms with Crippen LogP contribution < -0.4 is 15.4 Å². The van der Waals surface area contributed by atoms with E-state index in [9.17, 15) is 4.79 Å². The van der Waals surface area contributed by atoms with Gasteiger partial charge in [0.2, 0.25) is 5.91 Å². The zero-order valence-corrected chi connectivity index (χ0v) is 17.0. The van der Waals surface area contributed by atoms with E-state index >= 15 is 0 Å². The molecule has 154 valence electrons. The van der Waals surface area contributed by atoms with Crippen molar-refractivity contribution < 1.29 is 9.53 Å². The minimum atomic E-state index is 0.0833. The summed E-state index contributed by atoms with van der Waals surface area (Å²) in [6.45, 7) is 5.72. The fourth-order valence-corrected chi connectivity index (χ4v) is 4.81. The third-order valence-corrected chi connectivity index (χ3v) is 6.54. The molecule has 2 N–H and O–H groups in total. The normalized spacial score (nSPS) is 21.5. The number of ether oxygens (including phenoxy) is 1. The third kappa shape index (κ3) is 4.09. The van der Waals surface area contributed by atoms with Gasteiger partial charge in [0.25, 0.3) is 0 Å². The first-order valence-electron chi connectivity index (χ1n) is 11.0. The molecule has 0 aromatic carbocycles. The van der Waals surface area contributed by atoms with Crippen LogP contribution in [-0.4, -0.2) is 53.1 Å². The van der Waals surface area contributed by atoms with Crippen LogP contribution in [-0.2, 0) is 11.2 Å². The minimum Gasteiger partial charge on any atom is -0.463 e.